The number of hydrogen-bond donors (Lipinski definition) is 2. The summed E-state index contributed by atoms with van der Waals surface area (Å²) < 4.78 is 0. The average Bonchev–Trinajstić information content (AvgIpc) is 2.46. The highest BCUT2D eigenvalue weighted by molar-refractivity contribution is 5.96. The Hall–Kier alpha value is -1.91. The van der Waals surface area contributed by atoms with Gasteiger partial charge in [-0.1, -0.05) is 13.8 Å². The number of amides is 2. The Balaban J connectivity index is 2.68. The zero-order valence-corrected chi connectivity index (χ0v) is 12.6. The van der Waals surface area contributed by atoms with Gasteiger partial charge in [-0.05, 0) is 38.8 Å². The maximum Gasteiger partial charge on any atom is 0.270 e. The second kappa shape index (κ2) is 7.62. The molecular formula is C15H23N3O2. The number of hydrogen-bond acceptors (Lipinski definition) is 3. The number of aromatic nitrogens is 1. The molecule has 0 aliphatic carbocycles. The lowest BCUT2D eigenvalue weighted by atomic mass is 10.2. The van der Waals surface area contributed by atoms with Gasteiger partial charge in [0.15, 0.2) is 0 Å². The Bertz CT molecular complexity index is 414. The maximum atomic E-state index is 11.9. The lowest BCUT2D eigenvalue weighted by molar-refractivity contribution is 0.0922. The van der Waals surface area contributed by atoms with Gasteiger partial charge in [-0.25, -0.2) is 0 Å². The fourth-order valence-corrected chi connectivity index (χ4v) is 1.47. The molecule has 0 aromatic carbocycles. The molecule has 5 heteroatoms. The van der Waals surface area contributed by atoms with Crippen molar-refractivity contribution in [1.82, 2.24) is 15.6 Å². The van der Waals surface area contributed by atoms with Gasteiger partial charge in [0.05, 0.1) is 5.56 Å². The third kappa shape index (κ3) is 4.64. The first-order valence-electron chi connectivity index (χ1n) is 7.05. The standard InChI is InChI=1S/C15H23N3O2/c1-5-10(3)17-14(19)12-7-8-13(16-9-12)15(20)18-11(4)6-2/h7-11H,5-6H2,1-4H3,(H,17,19)(H,18,20)/t10-,11-/m0/s1. The van der Waals surface area contributed by atoms with Crippen LogP contribution in [0.1, 0.15) is 61.4 Å². The third-order valence-electron chi connectivity index (χ3n) is 3.24. The van der Waals surface area contributed by atoms with Crippen molar-refractivity contribution in [2.75, 3.05) is 0 Å². The first-order valence-corrected chi connectivity index (χ1v) is 7.05. The minimum absolute atomic E-state index is 0.109. The summed E-state index contributed by atoms with van der Waals surface area (Å²) in [6.45, 7) is 7.89. The van der Waals surface area contributed by atoms with Crippen LogP contribution in [0, 0.1) is 0 Å². The van der Waals surface area contributed by atoms with Gasteiger partial charge in [-0.3, -0.25) is 14.6 Å². The summed E-state index contributed by atoms with van der Waals surface area (Å²) in [5.41, 5.74) is 0.788. The zero-order chi connectivity index (χ0) is 15.1. The largest absolute Gasteiger partial charge is 0.350 e. The molecule has 0 unspecified atom stereocenters. The van der Waals surface area contributed by atoms with Gasteiger partial charge in [0.1, 0.15) is 5.69 Å². The highest BCUT2D eigenvalue weighted by Gasteiger charge is 2.12. The van der Waals surface area contributed by atoms with Gasteiger partial charge in [0.2, 0.25) is 0 Å². The van der Waals surface area contributed by atoms with E-state index in [4.69, 9.17) is 0 Å². The maximum absolute atomic E-state index is 11.9. The molecule has 1 rings (SSSR count). The second-order valence-corrected chi connectivity index (χ2v) is 5.00. The van der Waals surface area contributed by atoms with Gasteiger partial charge in [0, 0.05) is 18.3 Å². The van der Waals surface area contributed by atoms with Crippen LogP contribution < -0.4 is 10.6 Å². The molecule has 20 heavy (non-hydrogen) atoms. The lowest BCUT2D eigenvalue weighted by Gasteiger charge is -2.12. The Morgan fingerprint density at radius 1 is 1.05 bits per heavy atom. The molecule has 0 saturated carbocycles. The summed E-state index contributed by atoms with van der Waals surface area (Å²) in [5, 5.41) is 5.69. The van der Waals surface area contributed by atoms with Crippen molar-refractivity contribution in [3.63, 3.8) is 0 Å². The second-order valence-electron chi connectivity index (χ2n) is 5.00. The number of carbonyl (C=O) groups excluding carboxylic acids is 2. The normalized spacial score (nSPS) is 13.4. The Morgan fingerprint density at radius 2 is 1.60 bits per heavy atom. The van der Waals surface area contributed by atoms with Crippen molar-refractivity contribution >= 4 is 11.8 Å². The molecular weight excluding hydrogens is 254 g/mol. The van der Waals surface area contributed by atoms with Gasteiger partial charge in [0.25, 0.3) is 11.8 Å². The molecule has 0 saturated heterocycles. The summed E-state index contributed by atoms with van der Waals surface area (Å²) in [5.74, 6) is -0.381. The quantitative estimate of drug-likeness (QED) is 0.837. The molecule has 1 aromatic rings. The van der Waals surface area contributed by atoms with Crippen LogP contribution in [0.2, 0.25) is 0 Å². The Labute approximate surface area is 120 Å². The van der Waals surface area contributed by atoms with Crippen LogP contribution in [0.4, 0.5) is 0 Å². The predicted molar refractivity (Wildman–Crippen MR) is 78.7 cm³/mol. The molecule has 0 bridgehead atoms. The van der Waals surface area contributed by atoms with Crippen LogP contribution in [0.5, 0.6) is 0 Å². The van der Waals surface area contributed by atoms with E-state index in [9.17, 15) is 9.59 Å². The van der Waals surface area contributed by atoms with Crippen LogP contribution in [0.15, 0.2) is 18.3 Å². The van der Waals surface area contributed by atoms with Crippen LogP contribution >= 0.6 is 0 Å². The van der Waals surface area contributed by atoms with Crippen molar-refractivity contribution in [3.8, 4) is 0 Å². The fraction of sp³-hybridized carbons (Fsp3) is 0.533. The van der Waals surface area contributed by atoms with Gasteiger partial charge in [-0.15, -0.1) is 0 Å². The monoisotopic (exact) mass is 277 g/mol. The summed E-state index contributed by atoms with van der Waals surface area (Å²) in [6.07, 6.45) is 3.17. The van der Waals surface area contributed by atoms with Crippen molar-refractivity contribution in [3.05, 3.63) is 29.6 Å². The van der Waals surface area contributed by atoms with E-state index >= 15 is 0 Å². The van der Waals surface area contributed by atoms with Gasteiger partial charge >= 0.3 is 0 Å². The average molecular weight is 277 g/mol. The number of rotatable bonds is 6. The van der Waals surface area contributed by atoms with E-state index in [1.807, 2.05) is 27.7 Å². The molecule has 2 amide bonds. The smallest absolute Gasteiger partial charge is 0.270 e. The first-order chi connectivity index (χ1) is 9.47. The van der Waals surface area contributed by atoms with Gasteiger partial charge in [-0.2, -0.15) is 0 Å². The zero-order valence-electron chi connectivity index (χ0n) is 12.6. The van der Waals surface area contributed by atoms with Crippen molar-refractivity contribution in [1.29, 1.82) is 0 Å². The molecule has 0 spiro atoms. The molecule has 5 nitrogen and oxygen atoms in total. The summed E-state index contributed by atoms with van der Waals surface area (Å²) in [6, 6.07) is 3.42. The minimum Gasteiger partial charge on any atom is -0.350 e. The molecule has 0 fully saturated rings. The first kappa shape index (κ1) is 16.1. The van der Waals surface area contributed by atoms with E-state index in [0.29, 0.717) is 11.3 Å². The van der Waals surface area contributed by atoms with E-state index in [1.54, 1.807) is 12.1 Å². The van der Waals surface area contributed by atoms with Crippen LogP contribution in [-0.4, -0.2) is 28.9 Å². The molecule has 2 N–H and O–H groups in total. The van der Waals surface area contributed by atoms with Crippen molar-refractivity contribution < 1.29 is 9.59 Å². The summed E-state index contributed by atoms with van der Waals surface area (Å²) in [7, 11) is 0. The van der Waals surface area contributed by atoms with Crippen molar-refractivity contribution in [2.24, 2.45) is 0 Å². The van der Waals surface area contributed by atoms with Crippen LogP contribution in [0.25, 0.3) is 0 Å². The molecule has 0 aliphatic rings. The topological polar surface area (TPSA) is 71.1 Å². The Kier molecular flexibility index (Phi) is 6.15. The molecule has 110 valence electrons. The lowest BCUT2D eigenvalue weighted by Crippen LogP contribution is -2.33. The molecule has 1 aromatic heterocycles. The van der Waals surface area contributed by atoms with Crippen LogP contribution in [-0.2, 0) is 0 Å². The SMILES string of the molecule is CC[C@H](C)NC(=O)c1ccc(C(=O)N[C@@H](C)CC)nc1. The fourth-order valence-electron chi connectivity index (χ4n) is 1.47. The Morgan fingerprint density at radius 3 is 2.05 bits per heavy atom. The third-order valence-corrected chi connectivity index (χ3v) is 3.24. The minimum atomic E-state index is -0.215. The van der Waals surface area contributed by atoms with E-state index < -0.39 is 0 Å². The molecule has 1 heterocycles. The van der Waals surface area contributed by atoms with E-state index in [-0.39, 0.29) is 23.9 Å². The number of carbonyl (C=O) groups is 2. The molecule has 0 radical (unpaired) electrons. The molecule has 2 atom stereocenters. The summed E-state index contributed by atoms with van der Waals surface area (Å²) in [4.78, 5) is 27.8. The highest BCUT2D eigenvalue weighted by Crippen LogP contribution is 2.03. The summed E-state index contributed by atoms with van der Waals surface area (Å²) >= 11 is 0. The number of nitrogens with one attached hydrogen (secondary N) is 2. The van der Waals surface area contributed by atoms with Crippen molar-refractivity contribution in [2.45, 2.75) is 52.6 Å². The van der Waals surface area contributed by atoms with E-state index in [1.165, 1.54) is 6.20 Å². The van der Waals surface area contributed by atoms with Gasteiger partial charge < -0.3 is 10.6 Å². The number of pyridine rings is 1. The number of nitrogens with zero attached hydrogens (tertiary/aromatic N) is 1. The van der Waals surface area contributed by atoms with Crippen LogP contribution in [0.3, 0.4) is 0 Å². The highest BCUT2D eigenvalue weighted by atomic mass is 16.2. The predicted octanol–water partition coefficient (Wildman–Crippen LogP) is 2.14. The molecule has 0 aliphatic heterocycles. The van der Waals surface area contributed by atoms with E-state index in [0.717, 1.165) is 12.8 Å². The van der Waals surface area contributed by atoms with E-state index in [2.05, 4.69) is 15.6 Å².